The summed E-state index contributed by atoms with van der Waals surface area (Å²) in [7, 11) is 0. The Kier molecular flexibility index (Phi) is 3.90. The van der Waals surface area contributed by atoms with Crippen molar-refractivity contribution in [3.63, 3.8) is 0 Å². The van der Waals surface area contributed by atoms with Crippen molar-refractivity contribution in [3.8, 4) is 0 Å². The molecule has 2 aromatic heterocycles. The van der Waals surface area contributed by atoms with Crippen molar-refractivity contribution >= 4 is 45.3 Å². The highest BCUT2D eigenvalue weighted by Crippen LogP contribution is 2.21. The van der Waals surface area contributed by atoms with Crippen LogP contribution in [-0.2, 0) is 11.3 Å². The largest absolute Gasteiger partial charge is 0.324 e. The van der Waals surface area contributed by atoms with Crippen LogP contribution in [0.5, 0.6) is 0 Å². The third-order valence-electron chi connectivity index (χ3n) is 3.74. The van der Waals surface area contributed by atoms with Crippen LogP contribution >= 0.6 is 11.7 Å². The van der Waals surface area contributed by atoms with Crippen molar-refractivity contribution in [2.75, 3.05) is 5.32 Å². The predicted molar refractivity (Wildman–Crippen MR) is 94.5 cm³/mol. The number of rotatable bonds is 4. The fraction of sp³-hybridized carbons (Fsp3) is 0.125. The number of anilines is 1. The Morgan fingerprint density at radius 1 is 1.08 bits per heavy atom. The topological polar surface area (TPSA) is 103 Å². The Bertz CT molecular complexity index is 1140. The molecule has 25 heavy (non-hydrogen) atoms. The maximum atomic E-state index is 12.4. The number of hydrogen-bond acceptors (Lipinski definition) is 7. The first-order valence-electron chi connectivity index (χ1n) is 7.56. The standard InChI is InChI=1S/C16H12N6O2S/c23-14(17-12-6-3-7-13-15(12)20-25-19-13)8-9-22-16(24)10-4-1-2-5-11(10)18-21-22/h1-7H,8-9H2,(H,17,23). The summed E-state index contributed by atoms with van der Waals surface area (Å²) in [4.78, 5) is 24.6. The molecule has 0 bridgehead atoms. The van der Waals surface area contributed by atoms with E-state index in [9.17, 15) is 9.59 Å². The van der Waals surface area contributed by atoms with Crippen LogP contribution in [0.4, 0.5) is 5.69 Å². The second kappa shape index (κ2) is 6.36. The van der Waals surface area contributed by atoms with E-state index in [1.54, 1.807) is 36.4 Å². The summed E-state index contributed by atoms with van der Waals surface area (Å²) >= 11 is 1.09. The fourth-order valence-electron chi connectivity index (χ4n) is 2.50. The molecule has 4 rings (SSSR count). The molecular formula is C16H12N6O2S. The quantitative estimate of drug-likeness (QED) is 0.601. The molecule has 0 radical (unpaired) electrons. The maximum absolute atomic E-state index is 12.4. The third kappa shape index (κ3) is 2.96. The summed E-state index contributed by atoms with van der Waals surface area (Å²) in [5.74, 6) is -0.234. The lowest BCUT2D eigenvalue weighted by atomic mass is 10.2. The van der Waals surface area contributed by atoms with Gasteiger partial charge in [0.25, 0.3) is 5.56 Å². The van der Waals surface area contributed by atoms with Gasteiger partial charge in [0, 0.05) is 6.42 Å². The fourth-order valence-corrected chi connectivity index (χ4v) is 3.05. The zero-order chi connectivity index (χ0) is 17.2. The van der Waals surface area contributed by atoms with E-state index in [0.717, 1.165) is 17.2 Å². The lowest BCUT2D eigenvalue weighted by Gasteiger charge is -2.07. The van der Waals surface area contributed by atoms with Crippen molar-refractivity contribution in [3.05, 3.63) is 52.8 Å². The molecule has 0 aliphatic carbocycles. The molecule has 0 unspecified atom stereocenters. The van der Waals surface area contributed by atoms with Crippen molar-refractivity contribution in [1.82, 2.24) is 23.7 Å². The summed E-state index contributed by atoms with van der Waals surface area (Å²) in [6.45, 7) is 0.147. The van der Waals surface area contributed by atoms with Gasteiger partial charge in [-0.25, -0.2) is 4.68 Å². The second-order valence-electron chi connectivity index (χ2n) is 5.37. The number of hydrogen-bond donors (Lipinski definition) is 1. The van der Waals surface area contributed by atoms with Crippen molar-refractivity contribution in [2.24, 2.45) is 0 Å². The minimum atomic E-state index is -0.260. The van der Waals surface area contributed by atoms with Gasteiger partial charge in [0.05, 0.1) is 29.3 Å². The normalized spacial score (nSPS) is 11.0. The van der Waals surface area contributed by atoms with Crippen LogP contribution < -0.4 is 10.9 Å². The van der Waals surface area contributed by atoms with Gasteiger partial charge < -0.3 is 5.32 Å². The smallest absolute Gasteiger partial charge is 0.277 e. The molecule has 0 aliphatic heterocycles. The molecule has 0 spiro atoms. The van der Waals surface area contributed by atoms with E-state index >= 15 is 0 Å². The monoisotopic (exact) mass is 352 g/mol. The van der Waals surface area contributed by atoms with Gasteiger partial charge in [-0.15, -0.1) is 5.10 Å². The number of fused-ring (bicyclic) bond motifs is 2. The summed E-state index contributed by atoms with van der Waals surface area (Å²) in [5.41, 5.74) is 2.27. The Morgan fingerprint density at radius 2 is 1.92 bits per heavy atom. The molecule has 0 atom stereocenters. The van der Waals surface area contributed by atoms with Gasteiger partial charge in [-0.1, -0.05) is 23.4 Å². The van der Waals surface area contributed by atoms with Crippen LogP contribution in [-0.4, -0.2) is 29.6 Å². The molecule has 8 nitrogen and oxygen atoms in total. The third-order valence-corrected chi connectivity index (χ3v) is 4.28. The van der Waals surface area contributed by atoms with Crippen molar-refractivity contribution in [2.45, 2.75) is 13.0 Å². The molecule has 4 aromatic rings. The number of nitrogens with zero attached hydrogens (tertiary/aromatic N) is 5. The summed E-state index contributed by atoms with van der Waals surface area (Å²) < 4.78 is 9.51. The van der Waals surface area contributed by atoms with E-state index < -0.39 is 0 Å². The molecule has 0 aliphatic rings. The molecule has 9 heteroatoms. The predicted octanol–water partition coefficient (Wildman–Crippen LogP) is 1.82. The number of benzene rings is 2. The molecule has 124 valence electrons. The van der Waals surface area contributed by atoms with Gasteiger partial charge in [-0.2, -0.15) is 8.75 Å². The Labute approximate surface area is 145 Å². The Balaban J connectivity index is 1.50. The Morgan fingerprint density at radius 3 is 2.84 bits per heavy atom. The maximum Gasteiger partial charge on any atom is 0.277 e. The average molecular weight is 352 g/mol. The number of nitrogens with one attached hydrogen (secondary N) is 1. The number of carbonyl (C=O) groups excluding carboxylic acids is 1. The van der Waals surface area contributed by atoms with Gasteiger partial charge in [0.1, 0.15) is 16.6 Å². The molecule has 1 amide bonds. The molecule has 0 saturated carbocycles. The van der Waals surface area contributed by atoms with E-state index in [0.29, 0.717) is 22.1 Å². The minimum absolute atomic E-state index is 0.0981. The van der Waals surface area contributed by atoms with Gasteiger partial charge >= 0.3 is 0 Å². The van der Waals surface area contributed by atoms with Crippen LogP contribution in [0.25, 0.3) is 21.9 Å². The first kappa shape index (κ1) is 15.3. The van der Waals surface area contributed by atoms with Crippen LogP contribution in [0.3, 0.4) is 0 Å². The molecule has 1 N–H and O–H groups in total. The van der Waals surface area contributed by atoms with Gasteiger partial charge in [-0.3, -0.25) is 9.59 Å². The van der Waals surface area contributed by atoms with E-state index in [1.807, 2.05) is 6.07 Å². The first-order valence-corrected chi connectivity index (χ1v) is 8.29. The lowest BCUT2D eigenvalue weighted by Crippen LogP contribution is -2.26. The second-order valence-corrected chi connectivity index (χ2v) is 5.90. The Hall–Kier alpha value is -3.20. The summed E-state index contributed by atoms with van der Waals surface area (Å²) in [6, 6.07) is 12.4. The van der Waals surface area contributed by atoms with Gasteiger partial charge in [0.15, 0.2) is 0 Å². The number of carbonyl (C=O) groups is 1. The lowest BCUT2D eigenvalue weighted by molar-refractivity contribution is -0.116. The zero-order valence-corrected chi connectivity index (χ0v) is 13.7. The van der Waals surface area contributed by atoms with Crippen molar-refractivity contribution in [1.29, 1.82) is 0 Å². The van der Waals surface area contributed by atoms with Crippen LogP contribution in [0, 0.1) is 0 Å². The average Bonchev–Trinajstić information content (AvgIpc) is 3.11. The van der Waals surface area contributed by atoms with Crippen LogP contribution in [0.15, 0.2) is 47.3 Å². The van der Waals surface area contributed by atoms with Crippen LogP contribution in [0.1, 0.15) is 6.42 Å². The zero-order valence-electron chi connectivity index (χ0n) is 12.9. The number of aromatic nitrogens is 5. The summed E-state index contributed by atoms with van der Waals surface area (Å²) in [6.07, 6.45) is 0.0981. The molecular weight excluding hydrogens is 340 g/mol. The molecule has 2 aromatic carbocycles. The highest BCUT2D eigenvalue weighted by Gasteiger charge is 2.10. The molecule has 2 heterocycles. The number of aryl methyl sites for hydroxylation is 1. The van der Waals surface area contributed by atoms with Crippen molar-refractivity contribution < 1.29 is 4.79 Å². The van der Waals surface area contributed by atoms with Gasteiger partial charge in [0.2, 0.25) is 5.91 Å². The highest BCUT2D eigenvalue weighted by molar-refractivity contribution is 7.00. The summed E-state index contributed by atoms with van der Waals surface area (Å²) in [5, 5.41) is 11.2. The minimum Gasteiger partial charge on any atom is -0.324 e. The SMILES string of the molecule is O=C(CCn1nnc2ccccc2c1=O)Nc1cccc2nsnc12. The van der Waals surface area contributed by atoms with Crippen LogP contribution in [0.2, 0.25) is 0 Å². The highest BCUT2D eigenvalue weighted by atomic mass is 32.1. The van der Waals surface area contributed by atoms with E-state index in [1.165, 1.54) is 4.68 Å². The molecule has 0 fully saturated rings. The first-order chi connectivity index (χ1) is 12.2. The van der Waals surface area contributed by atoms with Gasteiger partial charge in [-0.05, 0) is 24.3 Å². The van der Waals surface area contributed by atoms with E-state index in [2.05, 4.69) is 24.4 Å². The molecule has 0 saturated heterocycles. The number of amides is 1. The van der Waals surface area contributed by atoms with E-state index in [4.69, 9.17) is 0 Å². The van der Waals surface area contributed by atoms with E-state index in [-0.39, 0.29) is 24.4 Å².